The summed E-state index contributed by atoms with van der Waals surface area (Å²) in [5, 5.41) is 2.16. The Morgan fingerprint density at radius 3 is 2.00 bits per heavy atom. The maximum absolute atomic E-state index is 13.3. The lowest BCUT2D eigenvalue weighted by molar-refractivity contribution is 0.110. The summed E-state index contributed by atoms with van der Waals surface area (Å²) in [6, 6.07) is 0. The fourth-order valence-electron chi connectivity index (χ4n) is 1.61. The normalized spacial score (nSPS) is 11.6. The fourth-order valence-corrected chi connectivity index (χ4v) is 1.81. The predicted molar refractivity (Wildman–Crippen MR) is 74.6 cm³/mol. The van der Waals surface area contributed by atoms with Gasteiger partial charge in [-0.15, -0.1) is 0 Å². The van der Waals surface area contributed by atoms with Gasteiger partial charge < -0.3 is 14.5 Å². The van der Waals surface area contributed by atoms with E-state index in [-0.39, 0.29) is 12.1 Å². The van der Waals surface area contributed by atoms with E-state index in [1.54, 1.807) is 0 Å². The molecular formula is C13H16F5NO3Si. The summed E-state index contributed by atoms with van der Waals surface area (Å²) in [5.74, 6) is -12.7. The van der Waals surface area contributed by atoms with Gasteiger partial charge in [-0.25, -0.2) is 18.0 Å². The summed E-state index contributed by atoms with van der Waals surface area (Å²) in [6.45, 7) is 3.79. The molecule has 1 N–H and O–H groups in total. The molecule has 0 aliphatic rings. The van der Waals surface area contributed by atoms with Crippen molar-refractivity contribution >= 4 is 16.6 Å². The Labute approximate surface area is 132 Å². The first-order valence-corrected chi connectivity index (χ1v) is 7.44. The largest absolute Gasteiger partial charge is 0.423 e. The van der Waals surface area contributed by atoms with Crippen LogP contribution in [0, 0.1) is 29.1 Å². The van der Waals surface area contributed by atoms with E-state index in [0.29, 0.717) is 23.3 Å². The van der Waals surface area contributed by atoms with Gasteiger partial charge in [0.15, 0.2) is 0 Å². The first-order valence-electron chi connectivity index (χ1n) is 6.63. The monoisotopic (exact) mass is 357 g/mol. The first-order chi connectivity index (χ1) is 10.6. The lowest BCUT2D eigenvalue weighted by Crippen LogP contribution is -2.31. The van der Waals surface area contributed by atoms with E-state index in [1.807, 2.05) is 13.8 Å². The number of hydrogen-bond donors (Lipinski definition) is 1. The lowest BCUT2D eigenvalue weighted by atomic mass is 10.0. The second kappa shape index (κ2) is 7.73. The van der Waals surface area contributed by atoms with Crippen molar-refractivity contribution in [2.45, 2.75) is 32.3 Å². The van der Waals surface area contributed by atoms with Crippen molar-refractivity contribution in [3.63, 3.8) is 0 Å². The Morgan fingerprint density at radius 1 is 1.04 bits per heavy atom. The van der Waals surface area contributed by atoms with Gasteiger partial charge in [-0.2, -0.15) is 8.78 Å². The van der Waals surface area contributed by atoms with Gasteiger partial charge in [0, 0.05) is 12.1 Å². The molecule has 0 aliphatic heterocycles. The molecule has 1 amide bonds. The zero-order valence-electron chi connectivity index (χ0n) is 12.7. The number of carbonyl (C=O) groups is 1. The van der Waals surface area contributed by atoms with Crippen molar-refractivity contribution in [2.75, 3.05) is 6.54 Å². The van der Waals surface area contributed by atoms with Gasteiger partial charge in [0.2, 0.25) is 34.8 Å². The molecule has 0 aliphatic carbocycles. The summed E-state index contributed by atoms with van der Waals surface area (Å²) in [7, 11) is 0.544. The van der Waals surface area contributed by atoms with E-state index in [9.17, 15) is 26.7 Å². The van der Waals surface area contributed by atoms with E-state index in [2.05, 4.69) is 10.1 Å². The molecule has 0 fully saturated rings. The molecule has 0 bridgehead atoms. The third-order valence-electron chi connectivity index (χ3n) is 3.14. The molecule has 0 heterocycles. The van der Waals surface area contributed by atoms with Crippen molar-refractivity contribution in [2.24, 2.45) is 0 Å². The van der Waals surface area contributed by atoms with Crippen LogP contribution in [0.4, 0.5) is 26.7 Å². The number of nitrogens with one attached hydrogen (secondary N) is 1. The van der Waals surface area contributed by atoms with Crippen molar-refractivity contribution in [3.05, 3.63) is 29.1 Å². The van der Waals surface area contributed by atoms with E-state index >= 15 is 0 Å². The van der Waals surface area contributed by atoms with Gasteiger partial charge in [0.05, 0.1) is 0 Å². The molecule has 1 rings (SSSR count). The average Bonchev–Trinajstić information content (AvgIpc) is 2.52. The van der Waals surface area contributed by atoms with Gasteiger partial charge in [-0.3, -0.25) is 0 Å². The Morgan fingerprint density at radius 2 is 1.52 bits per heavy atom. The van der Waals surface area contributed by atoms with Crippen LogP contribution in [0.3, 0.4) is 0 Å². The highest BCUT2D eigenvalue weighted by atomic mass is 28.2. The number of halogens is 5. The molecule has 0 saturated heterocycles. The zero-order valence-corrected chi connectivity index (χ0v) is 14.7. The highest BCUT2D eigenvalue weighted by Gasteiger charge is 2.28. The van der Waals surface area contributed by atoms with Crippen molar-refractivity contribution < 1.29 is 35.9 Å². The van der Waals surface area contributed by atoms with Gasteiger partial charge in [0.25, 0.3) is 0 Å². The molecule has 130 valence electrons. The van der Waals surface area contributed by atoms with Gasteiger partial charge in [-0.1, -0.05) is 0 Å². The second-order valence-electron chi connectivity index (χ2n) is 5.28. The van der Waals surface area contributed by atoms with Crippen molar-refractivity contribution in [1.29, 1.82) is 0 Å². The number of hydrogen-bond acceptors (Lipinski definition) is 3. The summed E-state index contributed by atoms with van der Waals surface area (Å²) >= 11 is 0. The molecule has 0 radical (unpaired) electrons. The molecule has 1 aromatic rings. The first kappa shape index (κ1) is 19.4. The minimum atomic E-state index is -2.32. The second-order valence-corrected chi connectivity index (χ2v) is 5.69. The smallest absolute Gasteiger partial charge is 0.412 e. The van der Waals surface area contributed by atoms with Crippen LogP contribution in [-0.2, 0) is 4.43 Å². The molecular weight excluding hydrogens is 341 g/mol. The van der Waals surface area contributed by atoms with Gasteiger partial charge in [0.1, 0.15) is 10.5 Å². The summed E-state index contributed by atoms with van der Waals surface area (Å²) in [4.78, 5) is 11.4. The van der Waals surface area contributed by atoms with E-state index < -0.39 is 40.9 Å². The van der Waals surface area contributed by atoms with Crippen LogP contribution in [0.25, 0.3) is 0 Å². The minimum Gasteiger partial charge on any atom is -0.423 e. The SMILES string of the molecule is CC(C)(CCCNC(=O)Oc1c(F)c(F)c(F)c(F)c1F)O[SiH3]. The lowest BCUT2D eigenvalue weighted by Gasteiger charge is -2.23. The summed E-state index contributed by atoms with van der Waals surface area (Å²) < 4.78 is 74.8. The van der Waals surface area contributed by atoms with E-state index in [4.69, 9.17) is 4.43 Å². The quantitative estimate of drug-likeness (QED) is 0.279. The summed E-state index contributed by atoms with van der Waals surface area (Å²) in [5.41, 5.74) is -0.362. The van der Waals surface area contributed by atoms with Gasteiger partial charge in [-0.05, 0) is 26.7 Å². The third kappa shape index (κ3) is 4.89. The number of rotatable bonds is 6. The number of carbonyl (C=O) groups excluding carboxylic acids is 1. The van der Waals surface area contributed by atoms with Crippen LogP contribution in [0.2, 0.25) is 0 Å². The van der Waals surface area contributed by atoms with Crippen LogP contribution in [0.1, 0.15) is 26.7 Å². The van der Waals surface area contributed by atoms with Crippen molar-refractivity contribution in [3.8, 4) is 5.75 Å². The molecule has 4 nitrogen and oxygen atoms in total. The molecule has 1 aromatic carbocycles. The highest BCUT2D eigenvalue weighted by molar-refractivity contribution is 5.98. The minimum absolute atomic E-state index is 0.0859. The molecule has 0 atom stereocenters. The summed E-state index contributed by atoms with van der Waals surface area (Å²) in [6.07, 6.45) is -0.251. The maximum Gasteiger partial charge on any atom is 0.412 e. The van der Waals surface area contributed by atoms with Crippen LogP contribution in [-0.4, -0.2) is 28.7 Å². The molecule has 0 saturated carbocycles. The number of benzene rings is 1. The molecule has 10 heteroatoms. The van der Waals surface area contributed by atoms with E-state index in [0.717, 1.165) is 0 Å². The van der Waals surface area contributed by atoms with Crippen molar-refractivity contribution in [1.82, 2.24) is 5.32 Å². The topological polar surface area (TPSA) is 47.6 Å². The van der Waals surface area contributed by atoms with E-state index in [1.165, 1.54) is 0 Å². The molecule has 23 heavy (non-hydrogen) atoms. The van der Waals surface area contributed by atoms with Crippen LogP contribution >= 0.6 is 0 Å². The number of ether oxygens (including phenoxy) is 1. The van der Waals surface area contributed by atoms with Crippen LogP contribution in [0.15, 0.2) is 0 Å². The third-order valence-corrected chi connectivity index (χ3v) is 4.25. The Kier molecular flexibility index (Phi) is 6.51. The maximum atomic E-state index is 13.3. The Bertz CT molecular complexity index is 568. The van der Waals surface area contributed by atoms with Crippen LogP contribution in [0.5, 0.6) is 5.75 Å². The number of amides is 1. The predicted octanol–water partition coefficient (Wildman–Crippen LogP) is 2.33. The fraction of sp³-hybridized carbons (Fsp3) is 0.462. The Balaban J connectivity index is 2.66. The Hall–Kier alpha value is -1.68. The van der Waals surface area contributed by atoms with Crippen LogP contribution < -0.4 is 10.1 Å². The average molecular weight is 357 g/mol. The molecule has 0 unspecified atom stereocenters. The molecule has 0 spiro atoms. The highest BCUT2D eigenvalue weighted by Crippen LogP contribution is 2.29. The standard InChI is InChI=1S/C13H16F5NO3Si/c1-13(2,22-23)4-3-5-19-12(20)21-11-9(17)7(15)6(14)8(16)10(11)18/h3-5H2,1-2,23H3,(H,19,20). The van der Waals surface area contributed by atoms with Gasteiger partial charge >= 0.3 is 6.09 Å². The zero-order chi connectivity index (χ0) is 17.8. The molecule has 0 aromatic heterocycles.